The largest absolute Gasteiger partial charge is 0.245 e. The Morgan fingerprint density at radius 2 is 1.31 bits per heavy atom. The number of aromatic nitrogens is 2. The summed E-state index contributed by atoms with van der Waals surface area (Å²) in [6.07, 6.45) is 0. The van der Waals surface area contributed by atoms with Gasteiger partial charge >= 0.3 is 0 Å². The molecule has 1 heterocycles. The van der Waals surface area contributed by atoms with Crippen molar-refractivity contribution in [1.82, 2.24) is 4.98 Å². The second kappa shape index (κ2) is 3.44. The fourth-order valence-electron chi connectivity index (χ4n) is 1.79. The van der Waals surface area contributed by atoms with Gasteiger partial charge in [-0.2, -0.15) is 4.57 Å². The van der Waals surface area contributed by atoms with Crippen LogP contribution in [0.25, 0.3) is 0 Å². The monoisotopic (exact) mass is 179 g/mol. The minimum absolute atomic E-state index is 0.514. The van der Waals surface area contributed by atoms with Crippen LogP contribution in [-0.2, 0) is 0 Å². The van der Waals surface area contributed by atoms with E-state index in [4.69, 9.17) is 0 Å². The van der Waals surface area contributed by atoms with Crippen LogP contribution in [0, 0.1) is 27.7 Å². The summed E-state index contributed by atoms with van der Waals surface area (Å²) >= 11 is 0. The van der Waals surface area contributed by atoms with Gasteiger partial charge < -0.3 is 0 Å². The van der Waals surface area contributed by atoms with E-state index in [1.165, 1.54) is 11.4 Å². The minimum Gasteiger partial charge on any atom is -0.245 e. The standard InChI is InChI=1S/C11H19N2/c1-7(2)13-10(5)8(3)12-9(4)11(13)6/h7H,1-6H3/q+1. The highest BCUT2D eigenvalue weighted by molar-refractivity contribution is 5.10. The molecule has 0 spiro atoms. The fourth-order valence-corrected chi connectivity index (χ4v) is 1.79. The lowest BCUT2D eigenvalue weighted by molar-refractivity contribution is -0.728. The molecule has 1 rings (SSSR count). The average molecular weight is 179 g/mol. The van der Waals surface area contributed by atoms with Gasteiger partial charge in [-0.1, -0.05) is 0 Å². The molecule has 0 aliphatic rings. The molecule has 0 saturated carbocycles. The topological polar surface area (TPSA) is 16.8 Å². The Morgan fingerprint density at radius 1 is 0.923 bits per heavy atom. The highest BCUT2D eigenvalue weighted by atomic mass is 15.0. The Hall–Kier alpha value is -0.920. The molecule has 0 N–H and O–H groups in total. The molecule has 2 heteroatoms. The van der Waals surface area contributed by atoms with Crippen molar-refractivity contribution in [1.29, 1.82) is 0 Å². The Kier molecular flexibility index (Phi) is 2.69. The summed E-state index contributed by atoms with van der Waals surface area (Å²) in [6, 6.07) is 0.514. The quantitative estimate of drug-likeness (QED) is 0.604. The molecule has 2 nitrogen and oxygen atoms in total. The zero-order chi connectivity index (χ0) is 10.2. The van der Waals surface area contributed by atoms with Crippen LogP contribution in [0.15, 0.2) is 0 Å². The SMILES string of the molecule is Cc1nc(C)c(C)[n+](C(C)C)c1C. The molecule has 0 bridgehead atoms. The number of rotatable bonds is 1. The van der Waals surface area contributed by atoms with Gasteiger partial charge in [-0.15, -0.1) is 0 Å². The molecule has 0 atom stereocenters. The van der Waals surface area contributed by atoms with Crippen molar-refractivity contribution in [3.05, 3.63) is 22.8 Å². The van der Waals surface area contributed by atoms with Gasteiger partial charge in [0.1, 0.15) is 11.4 Å². The molecule has 0 saturated heterocycles. The van der Waals surface area contributed by atoms with Gasteiger partial charge in [-0.05, 0) is 27.7 Å². The second-order valence-electron chi connectivity index (χ2n) is 3.92. The fraction of sp³-hybridized carbons (Fsp3) is 0.636. The van der Waals surface area contributed by atoms with Gasteiger partial charge in [0.2, 0.25) is 0 Å². The first-order valence-corrected chi connectivity index (χ1v) is 4.81. The first-order valence-electron chi connectivity index (χ1n) is 4.81. The number of aryl methyl sites for hydroxylation is 2. The van der Waals surface area contributed by atoms with Crippen LogP contribution >= 0.6 is 0 Å². The highest BCUT2D eigenvalue weighted by Crippen LogP contribution is 2.07. The number of hydrogen-bond acceptors (Lipinski definition) is 1. The number of hydrogen-bond donors (Lipinski definition) is 0. The van der Waals surface area contributed by atoms with Gasteiger partial charge in [-0.25, -0.2) is 4.98 Å². The van der Waals surface area contributed by atoms with Crippen LogP contribution in [-0.4, -0.2) is 4.98 Å². The van der Waals surface area contributed by atoms with Crippen molar-refractivity contribution >= 4 is 0 Å². The summed E-state index contributed by atoms with van der Waals surface area (Å²) in [5.41, 5.74) is 4.82. The maximum Gasteiger partial charge on any atom is 0.199 e. The van der Waals surface area contributed by atoms with Crippen molar-refractivity contribution < 1.29 is 4.57 Å². The van der Waals surface area contributed by atoms with Crippen molar-refractivity contribution in [3.8, 4) is 0 Å². The Labute approximate surface area is 80.6 Å². The lowest BCUT2D eigenvalue weighted by Gasteiger charge is -2.10. The summed E-state index contributed by atoms with van der Waals surface area (Å²) in [5, 5.41) is 0. The van der Waals surface area contributed by atoms with E-state index in [2.05, 4.69) is 51.1 Å². The first-order chi connectivity index (χ1) is 5.95. The third-order valence-electron chi connectivity index (χ3n) is 2.62. The van der Waals surface area contributed by atoms with Gasteiger partial charge in [0.25, 0.3) is 0 Å². The predicted octanol–water partition coefficient (Wildman–Crippen LogP) is 2.18. The van der Waals surface area contributed by atoms with Crippen molar-refractivity contribution in [3.63, 3.8) is 0 Å². The van der Waals surface area contributed by atoms with Gasteiger partial charge in [0.15, 0.2) is 17.4 Å². The summed E-state index contributed by atoms with van der Waals surface area (Å²) in [4.78, 5) is 4.49. The van der Waals surface area contributed by atoms with Crippen LogP contribution in [0.2, 0.25) is 0 Å². The van der Waals surface area contributed by atoms with E-state index < -0.39 is 0 Å². The molecule has 0 aliphatic heterocycles. The predicted molar refractivity (Wildman–Crippen MR) is 53.8 cm³/mol. The van der Waals surface area contributed by atoms with Crippen molar-refractivity contribution in [2.75, 3.05) is 0 Å². The summed E-state index contributed by atoms with van der Waals surface area (Å²) < 4.78 is 2.34. The van der Waals surface area contributed by atoms with E-state index in [-0.39, 0.29) is 0 Å². The van der Waals surface area contributed by atoms with Crippen LogP contribution in [0.4, 0.5) is 0 Å². The lowest BCUT2D eigenvalue weighted by Crippen LogP contribution is -2.44. The van der Waals surface area contributed by atoms with E-state index in [0.29, 0.717) is 6.04 Å². The molecule has 72 valence electrons. The maximum atomic E-state index is 4.49. The highest BCUT2D eigenvalue weighted by Gasteiger charge is 2.19. The van der Waals surface area contributed by atoms with Gasteiger partial charge in [0, 0.05) is 13.8 Å². The van der Waals surface area contributed by atoms with Crippen LogP contribution in [0.5, 0.6) is 0 Å². The molecule has 1 aromatic heterocycles. The zero-order valence-electron chi connectivity index (χ0n) is 9.47. The average Bonchev–Trinajstić information content (AvgIpc) is 2.01. The van der Waals surface area contributed by atoms with Crippen molar-refractivity contribution in [2.24, 2.45) is 0 Å². The van der Waals surface area contributed by atoms with Gasteiger partial charge in [0.05, 0.1) is 0 Å². The Balaban J connectivity index is 3.46. The van der Waals surface area contributed by atoms with E-state index in [1.54, 1.807) is 0 Å². The molecule has 13 heavy (non-hydrogen) atoms. The van der Waals surface area contributed by atoms with E-state index in [0.717, 1.165) is 11.4 Å². The molecular formula is C11H19N2+. The maximum absolute atomic E-state index is 4.49. The number of nitrogens with zero attached hydrogens (tertiary/aromatic N) is 2. The lowest BCUT2D eigenvalue weighted by atomic mass is 10.2. The molecule has 1 aromatic rings. The van der Waals surface area contributed by atoms with Crippen LogP contribution < -0.4 is 4.57 Å². The van der Waals surface area contributed by atoms with Crippen molar-refractivity contribution in [2.45, 2.75) is 47.6 Å². The van der Waals surface area contributed by atoms with E-state index >= 15 is 0 Å². The van der Waals surface area contributed by atoms with Gasteiger partial charge in [-0.3, -0.25) is 0 Å². The zero-order valence-corrected chi connectivity index (χ0v) is 9.47. The van der Waals surface area contributed by atoms with Crippen LogP contribution in [0.1, 0.15) is 42.7 Å². The second-order valence-corrected chi connectivity index (χ2v) is 3.92. The summed E-state index contributed by atoms with van der Waals surface area (Å²) in [6.45, 7) is 12.8. The smallest absolute Gasteiger partial charge is 0.199 e. The third-order valence-corrected chi connectivity index (χ3v) is 2.62. The summed E-state index contributed by atoms with van der Waals surface area (Å²) in [7, 11) is 0. The first kappa shape index (κ1) is 10.2. The van der Waals surface area contributed by atoms with E-state index in [1.807, 2.05) is 0 Å². The third kappa shape index (κ3) is 1.71. The van der Waals surface area contributed by atoms with E-state index in [9.17, 15) is 0 Å². The van der Waals surface area contributed by atoms with Crippen LogP contribution in [0.3, 0.4) is 0 Å². The minimum atomic E-state index is 0.514. The summed E-state index contributed by atoms with van der Waals surface area (Å²) in [5.74, 6) is 0. The molecule has 0 amide bonds. The molecule has 0 fully saturated rings. The Morgan fingerprint density at radius 3 is 1.62 bits per heavy atom. The Bertz CT molecular complexity index is 301. The molecular weight excluding hydrogens is 160 g/mol. The molecule has 0 unspecified atom stereocenters. The molecule has 0 aliphatic carbocycles. The molecule has 0 aromatic carbocycles. The molecule has 0 radical (unpaired) electrons. The normalized spacial score (nSPS) is 11.0.